The first-order chi connectivity index (χ1) is 6.29. The molecule has 2 rings (SSSR count). The van der Waals surface area contributed by atoms with Crippen molar-refractivity contribution >= 4 is 11.3 Å². The number of allylic oxidation sites excluding steroid dienone is 1. The standard InChI is InChI=1S/C11H14OS/c1-8-6-7-13-11(8)10(12)9-4-2-3-5-9/h4,6-7,10,12H,2-3,5H2,1H3. The van der Waals surface area contributed by atoms with E-state index in [1.807, 2.05) is 5.38 Å². The van der Waals surface area contributed by atoms with Crippen molar-refractivity contribution in [1.29, 1.82) is 0 Å². The van der Waals surface area contributed by atoms with E-state index in [0.29, 0.717) is 0 Å². The highest BCUT2D eigenvalue weighted by atomic mass is 32.1. The third kappa shape index (κ3) is 1.69. The second kappa shape index (κ2) is 3.64. The number of hydrogen-bond acceptors (Lipinski definition) is 2. The van der Waals surface area contributed by atoms with Crippen LogP contribution in [-0.4, -0.2) is 5.11 Å². The Balaban J connectivity index is 2.21. The molecule has 1 aromatic rings. The number of rotatable bonds is 2. The van der Waals surface area contributed by atoms with Gasteiger partial charge in [0.2, 0.25) is 0 Å². The van der Waals surface area contributed by atoms with Crippen LogP contribution in [-0.2, 0) is 0 Å². The van der Waals surface area contributed by atoms with E-state index in [2.05, 4.69) is 19.1 Å². The summed E-state index contributed by atoms with van der Waals surface area (Å²) >= 11 is 1.65. The van der Waals surface area contributed by atoms with Crippen molar-refractivity contribution < 1.29 is 5.11 Å². The molecule has 0 aromatic carbocycles. The first-order valence-electron chi connectivity index (χ1n) is 4.70. The van der Waals surface area contributed by atoms with E-state index < -0.39 is 0 Å². The molecule has 0 bridgehead atoms. The molecule has 13 heavy (non-hydrogen) atoms. The summed E-state index contributed by atoms with van der Waals surface area (Å²) in [7, 11) is 0. The molecule has 1 aliphatic rings. The lowest BCUT2D eigenvalue weighted by molar-refractivity contribution is 0.216. The molecule has 70 valence electrons. The smallest absolute Gasteiger partial charge is 0.109 e. The van der Waals surface area contributed by atoms with Crippen molar-refractivity contribution in [3.05, 3.63) is 33.5 Å². The second-order valence-corrected chi connectivity index (χ2v) is 4.49. The fraction of sp³-hybridized carbons (Fsp3) is 0.455. The number of aliphatic hydroxyl groups excluding tert-OH is 1. The highest BCUT2D eigenvalue weighted by molar-refractivity contribution is 7.10. The molecule has 0 aliphatic heterocycles. The van der Waals surface area contributed by atoms with E-state index in [1.165, 1.54) is 17.6 Å². The quantitative estimate of drug-likeness (QED) is 0.717. The Morgan fingerprint density at radius 2 is 2.38 bits per heavy atom. The average Bonchev–Trinajstić information content (AvgIpc) is 2.72. The van der Waals surface area contributed by atoms with E-state index in [9.17, 15) is 5.11 Å². The lowest BCUT2D eigenvalue weighted by atomic mass is 10.1. The summed E-state index contributed by atoms with van der Waals surface area (Å²) < 4.78 is 0. The first-order valence-corrected chi connectivity index (χ1v) is 5.58. The molecule has 1 atom stereocenters. The van der Waals surface area contributed by atoms with Crippen molar-refractivity contribution in [2.75, 3.05) is 0 Å². The maximum Gasteiger partial charge on any atom is 0.109 e. The summed E-state index contributed by atoms with van der Waals surface area (Å²) in [6.07, 6.45) is 5.26. The monoisotopic (exact) mass is 194 g/mol. The van der Waals surface area contributed by atoms with Gasteiger partial charge in [0, 0.05) is 4.88 Å². The van der Waals surface area contributed by atoms with Gasteiger partial charge in [-0.1, -0.05) is 6.08 Å². The molecule has 0 saturated carbocycles. The molecular formula is C11H14OS. The average molecular weight is 194 g/mol. The molecule has 2 heteroatoms. The molecule has 1 aliphatic carbocycles. The first kappa shape index (κ1) is 8.97. The number of aryl methyl sites for hydroxylation is 1. The normalized spacial score (nSPS) is 18.8. The van der Waals surface area contributed by atoms with Gasteiger partial charge in [-0.15, -0.1) is 11.3 Å². The van der Waals surface area contributed by atoms with Gasteiger partial charge in [-0.05, 0) is 48.8 Å². The van der Waals surface area contributed by atoms with Crippen LogP contribution in [0.3, 0.4) is 0 Å². The molecular weight excluding hydrogens is 180 g/mol. The van der Waals surface area contributed by atoms with Gasteiger partial charge >= 0.3 is 0 Å². The van der Waals surface area contributed by atoms with Crippen molar-refractivity contribution in [3.63, 3.8) is 0 Å². The molecule has 1 heterocycles. The van der Waals surface area contributed by atoms with Gasteiger partial charge in [0.1, 0.15) is 6.10 Å². The molecule has 0 spiro atoms. The van der Waals surface area contributed by atoms with Crippen LogP contribution in [0, 0.1) is 6.92 Å². The Morgan fingerprint density at radius 1 is 1.54 bits per heavy atom. The number of hydrogen-bond donors (Lipinski definition) is 1. The zero-order valence-electron chi connectivity index (χ0n) is 7.79. The highest BCUT2D eigenvalue weighted by Crippen LogP contribution is 2.34. The molecule has 0 saturated heterocycles. The predicted molar refractivity (Wildman–Crippen MR) is 55.9 cm³/mol. The summed E-state index contributed by atoms with van der Waals surface area (Å²) in [4.78, 5) is 1.12. The minimum atomic E-state index is -0.331. The summed E-state index contributed by atoms with van der Waals surface area (Å²) in [5, 5.41) is 12.1. The lowest BCUT2D eigenvalue weighted by Crippen LogP contribution is -1.98. The highest BCUT2D eigenvalue weighted by Gasteiger charge is 2.18. The Kier molecular flexibility index (Phi) is 2.51. The van der Waals surface area contributed by atoms with Gasteiger partial charge in [-0.25, -0.2) is 0 Å². The van der Waals surface area contributed by atoms with Crippen molar-refractivity contribution in [2.24, 2.45) is 0 Å². The fourth-order valence-corrected chi connectivity index (χ4v) is 2.73. The second-order valence-electron chi connectivity index (χ2n) is 3.54. The van der Waals surface area contributed by atoms with Crippen molar-refractivity contribution in [3.8, 4) is 0 Å². The van der Waals surface area contributed by atoms with Crippen LogP contribution in [0.5, 0.6) is 0 Å². The van der Waals surface area contributed by atoms with E-state index >= 15 is 0 Å². The van der Waals surface area contributed by atoms with Crippen LogP contribution in [0.4, 0.5) is 0 Å². The molecule has 0 fully saturated rings. The molecule has 1 aromatic heterocycles. The largest absolute Gasteiger partial charge is 0.383 e. The molecule has 0 radical (unpaired) electrons. The van der Waals surface area contributed by atoms with Gasteiger partial charge in [0.25, 0.3) is 0 Å². The number of thiophene rings is 1. The van der Waals surface area contributed by atoms with Crippen LogP contribution in [0.25, 0.3) is 0 Å². The van der Waals surface area contributed by atoms with Gasteiger partial charge in [-0.2, -0.15) is 0 Å². The summed E-state index contributed by atoms with van der Waals surface area (Å²) in [6.45, 7) is 2.06. The third-order valence-corrected chi connectivity index (χ3v) is 3.65. The Labute approximate surface area is 82.7 Å². The van der Waals surface area contributed by atoms with Crippen molar-refractivity contribution in [2.45, 2.75) is 32.3 Å². The molecule has 1 N–H and O–H groups in total. The van der Waals surface area contributed by atoms with Crippen LogP contribution < -0.4 is 0 Å². The van der Waals surface area contributed by atoms with E-state index in [0.717, 1.165) is 17.7 Å². The molecule has 0 amide bonds. The Hall–Kier alpha value is -0.600. The maximum atomic E-state index is 10.0. The molecule has 1 nitrogen and oxygen atoms in total. The summed E-state index contributed by atoms with van der Waals surface area (Å²) in [5.74, 6) is 0. The minimum absolute atomic E-state index is 0.331. The third-order valence-electron chi connectivity index (χ3n) is 2.58. The zero-order chi connectivity index (χ0) is 9.26. The van der Waals surface area contributed by atoms with E-state index in [4.69, 9.17) is 0 Å². The lowest BCUT2D eigenvalue weighted by Gasteiger charge is -2.10. The van der Waals surface area contributed by atoms with E-state index in [1.54, 1.807) is 11.3 Å². The van der Waals surface area contributed by atoms with Crippen LogP contribution in [0.15, 0.2) is 23.1 Å². The van der Waals surface area contributed by atoms with Gasteiger partial charge in [0.05, 0.1) is 0 Å². The topological polar surface area (TPSA) is 20.2 Å². The number of aliphatic hydroxyl groups is 1. The van der Waals surface area contributed by atoms with Gasteiger partial charge < -0.3 is 5.11 Å². The van der Waals surface area contributed by atoms with Crippen LogP contribution in [0.1, 0.15) is 35.8 Å². The Bertz CT molecular complexity index is 325. The SMILES string of the molecule is Cc1ccsc1C(O)C1=CCCC1. The van der Waals surface area contributed by atoms with Gasteiger partial charge in [-0.3, -0.25) is 0 Å². The summed E-state index contributed by atoms with van der Waals surface area (Å²) in [5.41, 5.74) is 2.43. The predicted octanol–water partition coefficient (Wildman–Crippen LogP) is 3.20. The van der Waals surface area contributed by atoms with Gasteiger partial charge in [0.15, 0.2) is 0 Å². The van der Waals surface area contributed by atoms with Crippen LogP contribution in [0.2, 0.25) is 0 Å². The fourth-order valence-electron chi connectivity index (χ4n) is 1.78. The van der Waals surface area contributed by atoms with Crippen molar-refractivity contribution in [1.82, 2.24) is 0 Å². The molecule has 1 unspecified atom stereocenters. The Morgan fingerprint density at radius 3 is 2.92 bits per heavy atom. The van der Waals surface area contributed by atoms with E-state index in [-0.39, 0.29) is 6.10 Å². The maximum absolute atomic E-state index is 10.0. The van der Waals surface area contributed by atoms with Crippen LogP contribution >= 0.6 is 11.3 Å². The minimum Gasteiger partial charge on any atom is -0.383 e. The zero-order valence-corrected chi connectivity index (χ0v) is 8.60. The summed E-state index contributed by atoms with van der Waals surface area (Å²) in [6, 6.07) is 2.07.